The fourth-order valence-corrected chi connectivity index (χ4v) is 2.43. The summed E-state index contributed by atoms with van der Waals surface area (Å²) >= 11 is 0. The third-order valence-electron chi connectivity index (χ3n) is 3.63. The van der Waals surface area contributed by atoms with Gasteiger partial charge in [-0.25, -0.2) is 0 Å². The number of morpholine rings is 1. The van der Waals surface area contributed by atoms with E-state index in [4.69, 9.17) is 18.9 Å². The highest BCUT2D eigenvalue weighted by Gasteiger charge is 2.15. The molecule has 1 fully saturated rings. The molecule has 2 rings (SSSR count). The van der Waals surface area contributed by atoms with Gasteiger partial charge in [0.15, 0.2) is 0 Å². The molecule has 1 N–H and O–H groups in total. The average Bonchev–Trinajstić information content (AvgIpc) is 2.55. The van der Waals surface area contributed by atoms with Crippen molar-refractivity contribution in [3.8, 4) is 11.5 Å². The number of ether oxygens (including phenoxy) is 4. The van der Waals surface area contributed by atoms with E-state index in [1.54, 1.807) is 14.2 Å². The van der Waals surface area contributed by atoms with Crippen LogP contribution in [0, 0.1) is 0 Å². The number of benzene rings is 1. The molecule has 1 aliphatic heterocycles. The van der Waals surface area contributed by atoms with Gasteiger partial charge >= 0.3 is 0 Å². The van der Waals surface area contributed by atoms with E-state index in [9.17, 15) is 5.11 Å². The summed E-state index contributed by atoms with van der Waals surface area (Å²) in [4.78, 5) is 2.18. The first kappa shape index (κ1) is 17.0. The van der Waals surface area contributed by atoms with Crippen molar-refractivity contribution in [2.45, 2.75) is 12.7 Å². The maximum absolute atomic E-state index is 10.0. The highest BCUT2D eigenvalue weighted by atomic mass is 16.5. The summed E-state index contributed by atoms with van der Waals surface area (Å²) in [5.74, 6) is 1.51. The van der Waals surface area contributed by atoms with Gasteiger partial charge in [-0.2, -0.15) is 0 Å². The Labute approximate surface area is 131 Å². The standard InChI is InChI=1S/C16H25NO5/c1-19-15-3-4-16(20-2)13(9-15)11-22-12-14(18)10-17-5-7-21-8-6-17/h3-4,9,14,18H,5-8,10-12H2,1-2H3/t14-/m1/s1. The first-order valence-corrected chi connectivity index (χ1v) is 7.49. The van der Waals surface area contributed by atoms with Crippen LogP contribution >= 0.6 is 0 Å². The van der Waals surface area contributed by atoms with Crippen molar-refractivity contribution in [1.29, 1.82) is 0 Å². The molecule has 0 spiro atoms. The number of aliphatic hydroxyl groups excluding tert-OH is 1. The zero-order valence-corrected chi connectivity index (χ0v) is 13.3. The molecule has 1 aromatic carbocycles. The Morgan fingerprint density at radius 1 is 1.23 bits per heavy atom. The van der Waals surface area contributed by atoms with Gasteiger partial charge in [0, 0.05) is 25.2 Å². The fraction of sp³-hybridized carbons (Fsp3) is 0.625. The van der Waals surface area contributed by atoms with Gasteiger partial charge in [-0.15, -0.1) is 0 Å². The quantitative estimate of drug-likeness (QED) is 0.770. The highest BCUT2D eigenvalue weighted by molar-refractivity contribution is 5.39. The lowest BCUT2D eigenvalue weighted by Crippen LogP contribution is -2.42. The van der Waals surface area contributed by atoms with Crippen LogP contribution < -0.4 is 9.47 Å². The Morgan fingerprint density at radius 2 is 2.00 bits per heavy atom. The largest absolute Gasteiger partial charge is 0.497 e. The van der Waals surface area contributed by atoms with Crippen molar-refractivity contribution in [2.24, 2.45) is 0 Å². The Morgan fingerprint density at radius 3 is 2.68 bits per heavy atom. The van der Waals surface area contributed by atoms with E-state index in [1.807, 2.05) is 18.2 Å². The van der Waals surface area contributed by atoms with E-state index < -0.39 is 6.10 Å². The second-order valence-corrected chi connectivity index (χ2v) is 5.26. The normalized spacial score (nSPS) is 17.2. The summed E-state index contributed by atoms with van der Waals surface area (Å²) < 4.78 is 21.4. The van der Waals surface area contributed by atoms with E-state index in [-0.39, 0.29) is 6.61 Å². The Kier molecular flexibility index (Phi) is 6.92. The van der Waals surface area contributed by atoms with E-state index in [0.29, 0.717) is 13.2 Å². The molecule has 0 saturated carbocycles. The van der Waals surface area contributed by atoms with Gasteiger partial charge < -0.3 is 24.1 Å². The van der Waals surface area contributed by atoms with Crippen molar-refractivity contribution >= 4 is 0 Å². The molecule has 0 bridgehead atoms. The molecule has 124 valence electrons. The third kappa shape index (κ3) is 5.14. The first-order chi connectivity index (χ1) is 10.7. The molecule has 0 unspecified atom stereocenters. The lowest BCUT2D eigenvalue weighted by atomic mass is 10.2. The van der Waals surface area contributed by atoms with Crippen molar-refractivity contribution < 1.29 is 24.1 Å². The molecular weight excluding hydrogens is 286 g/mol. The second-order valence-electron chi connectivity index (χ2n) is 5.26. The van der Waals surface area contributed by atoms with Crippen LogP contribution in [0.15, 0.2) is 18.2 Å². The third-order valence-corrected chi connectivity index (χ3v) is 3.63. The van der Waals surface area contributed by atoms with Gasteiger partial charge in [-0.1, -0.05) is 0 Å². The Hall–Kier alpha value is -1.34. The number of methoxy groups -OCH3 is 2. The van der Waals surface area contributed by atoms with Crippen LogP contribution in [-0.4, -0.2) is 69.8 Å². The smallest absolute Gasteiger partial charge is 0.124 e. The molecule has 6 nitrogen and oxygen atoms in total. The van der Waals surface area contributed by atoms with Crippen LogP contribution in [0.2, 0.25) is 0 Å². The number of aliphatic hydroxyl groups is 1. The van der Waals surface area contributed by atoms with Crippen molar-refractivity contribution in [1.82, 2.24) is 4.90 Å². The first-order valence-electron chi connectivity index (χ1n) is 7.49. The number of hydrogen-bond donors (Lipinski definition) is 1. The molecule has 0 amide bonds. The summed E-state index contributed by atoms with van der Waals surface area (Å²) in [6.07, 6.45) is -0.505. The molecule has 0 radical (unpaired) electrons. The molecule has 1 heterocycles. The predicted octanol–water partition coefficient (Wildman–Crippen LogP) is 0.913. The number of hydrogen-bond acceptors (Lipinski definition) is 6. The van der Waals surface area contributed by atoms with E-state index in [1.165, 1.54) is 0 Å². The summed E-state index contributed by atoms with van der Waals surface area (Å²) in [5.41, 5.74) is 0.903. The summed E-state index contributed by atoms with van der Waals surface area (Å²) in [6.45, 7) is 4.46. The molecule has 0 aromatic heterocycles. The van der Waals surface area contributed by atoms with Crippen LogP contribution in [0.5, 0.6) is 11.5 Å². The minimum atomic E-state index is -0.505. The van der Waals surface area contributed by atoms with Gasteiger partial charge in [0.2, 0.25) is 0 Å². The lowest BCUT2D eigenvalue weighted by Gasteiger charge is -2.28. The number of β-amino-alcohol motifs (C(OH)–C–C–N with tert-alkyl or cyclic N) is 1. The Bertz CT molecular complexity index is 448. The number of rotatable bonds is 8. The Balaban J connectivity index is 1.77. The minimum Gasteiger partial charge on any atom is -0.497 e. The number of nitrogens with zero attached hydrogens (tertiary/aromatic N) is 1. The van der Waals surface area contributed by atoms with E-state index in [0.717, 1.165) is 43.4 Å². The zero-order valence-electron chi connectivity index (χ0n) is 13.3. The molecule has 1 aliphatic rings. The van der Waals surface area contributed by atoms with Crippen LogP contribution in [0.4, 0.5) is 0 Å². The van der Waals surface area contributed by atoms with Crippen molar-refractivity contribution in [3.63, 3.8) is 0 Å². The summed E-state index contributed by atoms with van der Waals surface area (Å²) in [5, 5.41) is 10.0. The molecule has 1 atom stereocenters. The molecule has 22 heavy (non-hydrogen) atoms. The lowest BCUT2D eigenvalue weighted by molar-refractivity contribution is -0.0177. The van der Waals surface area contributed by atoms with Gasteiger partial charge in [0.1, 0.15) is 11.5 Å². The van der Waals surface area contributed by atoms with Gasteiger partial charge in [-0.3, -0.25) is 4.90 Å². The molecule has 0 aliphatic carbocycles. The minimum absolute atomic E-state index is 0.289. The fourth-order valence-electron chi connectivity index (χ4n) is 2.43. The van der Waals surface area contributed by atoms with Crippen LogP contribution in [0.25, 0.3) is 0 Å². The maximum atomic E-state index is 10.0. The van der Waals surface area contributed by atoms with Crippen LogP contribution in [0.3, 0.4) is 0 Å². The predicted molar refractivity (Wildman–Crippen MR) is 82.5 cm³/mol. The summed E-state index contributed by atoms with van der Waals surface area (Å²) in [7, 11) is 3.25. The highest BCUT2D eigenvalue weighted by Crippen LogP contribution is 2.24. The SMILES string of the molecule is COc1ccc(OC)c(COC[C@H](O)CN2CCOCC2)c1. The topological polar surface area (TPSA) is 60.4 Å². The van der Waals surface area contributed by atoms with E-state index >= 15 is 0 Å². The average molecular weight is 311 g/mol. The molecule has 6 heteroatoms. The van der Waals surface area contributed by atoms with Gasteiger partial charge in [-0.05, 0) is 18.2 Å². The molecule has 1 saturated heterocycles. The van der Waals surface area contributed by atoms with Crippen LogP contribution in [0.1, 0.15) is 5.56 Å². The zero-order chi connectivity index (χ0) is 15.8. The van der Waals surface area contributed by atoms with Crippen LogP contribution in [-0.2, 0) is 16.1 Å². The summed E-state index contributed by atoms with van der Waals surface area (Å²) in [6, 6.07) is 5.57. The van der Waals surface area contributed by atoms with Gasteiger partial charge in [0.25, 0.3) is 0 Å². The van der Waals surface area contributed by atoms with E-state index in [2.05, 4.69) is 4.90 Å². The maximum Gasteiger partial charge on any atom is 0.124 e. The van der Waals surface area contributed by atoms with Gasteiger partial charge in [0.05, 0.1) is 46.8 Å². The van der Waals surface area contributed by atoms with Crippen molar-refractivity contribution in [2.75, 3.05) is 53.7 Å². The molecular formula is C16H25NO5. The molecule has 1 aromatic rings. The van der Waals surface area contributed by atoms with Crippen molar-refractivity contribution in [3.05, 3.63) is 23.8 Å². The monoisotopic (exact) mass is 311 g/mol. The second kappa shape index (κ2) is 8.95.